The Morgan fingerprint density at radius 1 is 1.29 bits per heavy atom. The standard InChI is InChI=1S/C12H13N3O2/c1-17-12(16)10(7-14)11(15)9(6-13)8-4-2-3-5-8/h2-5,15H2,1H3/b11-10-. The molecule has 5 heteroatoms. The van der Waals surface area contributed by atoms with E-state index in [1.165, 1.54) is 7.11 Å². The molecule has 5 nitrogen and oxygen atoms in total. The predicted octanol–water partition coefficient (Wildman–Crippen LogP) is 1.29. The molecule has 0 spiro atoms. The Balaban J connectivity index is 3.26. The first-order valence-electron chi connectivity index (χ1n) is 5.26. The number of carbonyl (C=O) groups is 1. The van der Waals surface area contributed by atoms with Crippen molar-refractivity contribution in [2.24, 2.45) is 5.73 Å². The van der Waals surface area contributed by atoms with E-state index in [0.29, 0.717) is 0 Å². The first-order valence-corrected chi connectivity index (χ1v) is 5.26. The molecule has 0 aromatic carbocycles. The third-order valence-electron chi connectivity index (χ3n) is 2.71. The van der Waals surface area contributed by atoms with E-state index in [1.54, 1.807) is 6.07 Å². The highest BCUT2D eigenvalue weighted by Crippen LogP contribution is 2.29. The molecule has 1 saturated carbocycles. The summed E-state index contributed by atoms with van der Waals surface area (Å²) in [5.74, 6) is -0.809. The van der Waals surface area contributed by atoms with Crippen LogP contribution in [0.15, 0.2) is 22.4 Å². The van der Waals surface area contributed by atoms with Gasteiger partial charge >= 0.3 is 5.97 Å². The maximum absolute atomic E-state index is 11.3. The van der Waals surface area contributed by atoms with Gasteiger partial charge in [0.1, 0.15) is 12.1 Å². The molecule has 0 aromatic rings. The van der Waals surface area contributed by atoms with Crippen molar-refractivity contribution < 1.29 is 9.53 Å². The molecule has 17 heavy (non-hydrogen) atoms. The minimum Gasteiger partial charge on any atom is -0.465 e. The Morgan fingerprint density at radius 3 is 2.29 bits per heavy atom. The fraction of sp³-hybridized carbons (Fsp3) is 0.417. The summed E-state index contributed by atoms with van der Waals surface area (Å²) in [5.41, 5.74) is 6.51. The lowest BCUT2D eigenvalue weighted by Gasteiger charge is -2.06. The monoisotopic (exact) mass is 231 g/mol. The molecule has 0 atom stereocenters. The molecule has 1 rings (SSSR count). The van der Waals surface area contributed by atoms with E-state index in [9.17, 15) is 4.79 Å². The number of hydrogen-bond acceptors (Lipinski definition) is 5. The summed E-state index contributed by atoms with van der Waals surface area (Å²) in [6, 6.07) is 3.66. The molecule has 1 aliphatic carbocycles. The van der Waals surface area contributed by atoms with Crippen LogP contribution in [0.1, 0.15) is 25.7 Å². The zero-order chi connectivity index (χ0) is 12.8. The second-order valence-electron chi connectivity index (χ2n) is 3.69. The summed E-state index contributed by atoms with van der Waals surface area (Å²) in [7, 11) is 1.17. The van der Waals surface area contributed by atoms with Gasteiger partial charge in [0.2, 0.25) is 0 Å². The van der Waals surface area contributed by atoms with Crippen LogP contribution in [-0.4, -0.2) is 13.1 Å². The minimum absolute atomic E-state index is 0.0706. The smallest absolute Gasteiger partial charge is 0.350 e. The van der Waals surface area contributed by atoms with E-state index in [4.69, 9.17) is 16.3 Å². The van der Waals surface area contributed by atoms with Crippen LogP contribution in [0.25, 0.3) is 0 Å². The molecule has 2 N–H and O–H groups in total. The van der Waals surface area contributed by atoms with Gasteiger partial charge in [-0.2, -0.15) is 10.5 Å². The highest BCUT2D eigenvalue weighted by atomic mass is 16.5. The highest BCUT2D eigenvalue weighted by Gasteiger charge is 2.20. The topological polar surface area (TPSA) is 99.9 Å². The van der Waals surface area contributed by atoms with Gasteiger partial charge in [0.25, 0.3) is 0 Å². The van der Waals surface area contributed by atoms with Crippen molar-refractivity contribution in [2.45, 2.75) is 25.7 Å². The SMILES string of the molecule is COC(=O)/C(C#N)=C(\N)C(C#N)=C1CCCC1. The summed E-state index contributed by atoms with van der Waals surface area (Å²) in [4.78, 5) is 11.3. The number of rotatable bonds is 2. The van der Waals surface area contributed by atoms with Gasteiger partial charge in [-0.3, -0.25) is 0 Å². The molecule has 0 aliphatic heterocycles. The zero-order valence-electron chi connectivity index (χ0n) is 9.62. The molecule has 1 fully saturated rings. The minimum atomic E-state index is -0.809. The number of nitrogens with zero attached hydrogens (tertiary/aromatic N) is 2. The van der Waals surface area contributed by atoms with Crippen LogP contribution in [0.5, 0.6) is 0 Å². The van der Waals surface area contributed by atoms with Gasteiger partial charge < -0.3 is 10.5 Å². The van der Waals surface area contributed by atoms with Gasteiger partial charge in [0.05, 0.1) is 18.4 Å². The molecule has 0 saturated heterocycles. The number of hydrogen-bond donors (Lipinski definition) is 1. The number of esters is 1. The molecule has 0 unspecified atom stereocenters. The second kappa shape index (κ2) is 5.72. The van der Waals surface area contributed by atoms with E-state index in [0.717, 1.165) is 31.3 Å². The number of nitrogens with two attached hydrogens (primary N) is 1. The summed E-state index contributed by atoms with van der Waals surface area (Å²) in [6.07, 6.45) is 3.61. The van der Waals surface area contributed by atoms with E-state index >= 15 is 0 Å². The lowest BCUT2D eigenvalue weighted by molar-refractivity contribution is -0.135. The van der Waals surface area contributed by atoms with Crippen LogP contribution < -0.4 is 5.73 Å². The molecule has 0 amide bonds. The summed E-state index contributed by atoms with van der Waals surface area (Å²) >= 11 is 0. The zero-order valence-corrected chi connectivity index (χ0v) is 9.62. The molecule has 0 heterocycles. The number of methoxy groups -OCH3 is 1. The number of ether oxygens (including phenoxy) is 1. The average molecular weight is 231 g/mol. The van der Waals surface area contributed by atoms with Crippen molar-refractivity contribution in [3.8, 4) is 12.1 Å². The van der Waals surface area contributed by atoms with Crippen molar-refractivity contribution in [2.75, 3.05) is 7.11 Å². The third-order valence-corrected chi connectivity index (χ3v) is 2.71. The van der Waals surface area contributed by atoms with Gasteiger partial charge in [0, 0.05) is 0 Å². The number of carbonyl (C=O) groups excluding carboxylic acids is 1. The fourth-order valence-electron chi connectivity index (χ4n) is 1.82. The van der Waals surface area contributed by atoms with Crippen LogP contribution in [0.4, 0.5) is 0 Å². The Bertz CT molecular complexity index is 467. The van der Waals surface area contributed by atoms with Gasteiger partial charge in [0.15, 0.2) is 5.57 Å². The van der Waals surface area contributed by atoms with Crippen molar-refractivity contribution in [1.82, 2.24) is 0 Å². The van der Waals surface area contributed by atoms with Crippen LogP contribution in [0, 0.1) is 22.7 Å². The Labute approximate surface area is 99.8 Å². The van der Waals surface area contributed by atoms with Crippen molar-refractivity contribution >= 4 is 5.97 Å². The molecule has 0 radical (unpaired) electrons. The second-order valence-corrected chi connectivity index (χ2v) is 3.69. The van der Waals surface area contributed by atoms with Crippen LogP contribution in [0.3, 0.4) is 0 Å². The maximum atomic E-state index is 11.3. The molecule has 88 valence electrons. The first kappa shape index (κ1) is 12.8. The molecule has 0 bridgehead atoms. The van der Waals surface area contributed by atoms with Crippen molar-refractivity contribution in [3.05, 3.63) is 22.4 Å². The fourth-order valence-corrected chi connectivity index (χ4v) is 1.82. The van der Waals surface area contributed by atoms with E-state index in [-0.39, 0.29) is 16.8 Å². The maximum Gasteiger partial charge on any atom is 0.350 e. The Hall–Kier alpha value is -2.27. The van der Waals surface area contributed by atoms with Crippen LogP contribution >= 0.6 is 0 Å². The molecular weight excluding hydrogens is 218 g/mol. The van der Waals surface area contributed by atoms with Crippen molar-refractivity contribution in [1.29, 1.82) is 10.5 Å². The lowest BCUT2D eigenvalue weighted by atomic mass is 10.0. The number of nitriles is 2. The highest BCUT2D eigenvalue weighted by molar-refractivity contribution is 5.94. The normalized spacial score (nSPS) is 15.6. The molecule has 0 aromatic heterocycles. The summed E-state index contributed by atoms with van der Waals surface area (Å²) < 4.78 is 4.45. The first-order chi connectivity index (χ1) is 8.15. The summed E-state index contributed by atoms with van der Waals surface area (Å²) in [6.45, 7) is 0. The van der Waals surface area contributed by atoms with Gasteiger partial charge in [-0.05, 0) is 25.7 Å². The number of allylic oxidation sites excluding steroid dienone is 2. The summed E-state index contributed by atoms with van der Waals surface area (Å²) in [5, 5.41) is 17.9. The van der Waals surface area contributed by atoms with Crippen LogP contribution in [-0.2, 0) is 9.53 Å². The lowest BCUT2D eigenvalue weighted by Crippen LogP contribution is -2.13. The van der Waals surface area contributed by atoms with E-state index in [2.05, 4.69) is 4.74 Å². The largest absolute Gasteiger partial charge is 0.465 e. The Kier molecular flexibility index (Phi) is 4.30. The third kappa shape index (κ3) is 2.64. The predicted molar refractivity (Wildman–Crippen MR) is 59.9 cm³/mol. The van der Waals surface area contributed by atoms with Crippen molar-refractivity contribution in [3.63, 3.8) is 0 Å². The Morgan fingerprint density at radius 2 is 1.88 bits per heavy atom. The van der Waals surface area contributed by atoms with E-state index < -0.39 is 5.97 Å². The van der Waals surface area contributed by atoms with Gasteiger partial charge in [-0.15, -0.1) is 0 Å². The van der Waals surface area contributed by atoms with E-state index in [1.807, 2.05) is 6.07 Å². The quantitative estimate of drug-likeness (QED) is 0.438. The molecule has 1 aliphatic rings. The average Bonchev–Trinajstić information content (AvgIpc) is 2.84. The van der Waals surface area contributed by atoms with Gasteiger partial charge in [-0.25, -0.2) is 4.79 Å². The van der Waals surface area contributed by atoms with Crippen LogP contribution in [0.2, 0.25) is 0 Å². The molecular formula is C12H13N3O2. The van der Waals surface area contributed by atoms with Gasteiger partial charge in [-0.1, -0.05) is 5.57 Å².